The van der Waals surface area contributed by atoms with Crippen LogP contribution in [0.3, 0.4) is 0 Å². The summed E-state index contributed by atoms with van der Waals surface area (Å²) in [5.74, 6) is 0. The van der Waals surface area contributed by atoms with Crippen molar-refractivity contribution in [1.29, 1.82) is 0 Å². The molecule has 0 aliphatic rings. The summed E-state index contributed by atoms with van der Waals surface area (Å²) < 4.78 is 25.6. The quantitative estimate of drug-likeness (QED) is 0.888. The minimum atomic E-state index is -3.26. The van der Waals surface area contributed by atoms with E-state index in [1.807, 2.05) is 13.8 Å². The van der Waals surface area contributed by atoms with Gasteiger partial charge in [-0.1, -0.05) is 6.92 Å². The lowest BCUT2D eigenvalue weighted by Gasteiger charge is -2.07. The van der Waals surface area contributed by atoms with Gasteiger partial charge in [0.15, 0.2) is 5.13 Å². The maximum Gasteiger partial charge on any atom is 0.236 e. The zero-order valence-corrected chi connectivity index (χ0v) is 11.0. The monoisotopic (exact) mass is 248 g/mol. The van der Waals surface area contributed by atoms with Gasteiger partial charge in [-0.3, -0.25) is 4.72 Å². The average Bonchev–Trinajstić information content (AvgIpc) is 2.44. The molecule has 0 saturated heterocycles. The molecule has 1 N–H and O–H groups in total. The second-order valence-corrected chi connectivity index (χ2v) is 7.01. The van der Waals surface area contributed by atoms with Crippen molar-refractivity contribution in [3.63, 3.8) is 0 Å². The first kappa shape index (κ1) is 12.4. The fourth-order valence-electron chi connectivity index (χ4n) is 1.04. The van der Waals surface area contributed by atoms with Crippen molar-refractivity contribution in [2.24, 2.45) is 0 Å². The molecule has 0 atom stereocenters. The lowest BCUT2D eigenvalue weighted by Crippen LogP contribution is -2.22. The van der Waals surface area contributed by atoms with Crippen molar-refractivity contribution in [3.05, 3.63) is 10.6 Å². The summed E-state index contributed by atoms with van der Waals surface area (Å²) in [5.41, 5.74) is 0.960. The van der Waals surface area contributed by atoms with E-state index in [1.165, 1.54) is 11.3 Å². The summed E-state index contributed by atoms with van der Waals surface area (Å²) in [7, 11) is -3.26. The van der Waals surface area contributed by atoms with Crippen LogP contribution in [-0.4, -0.2) is 18.7 Å². The van der Waals surface area contributed by atoms with Crippen LogP contribution >= 0.6 is 11.3 Å². The van der Waals surface area contributed by atoms with E-state index in [9.17, 15) is 8.42 Å². The summed E-state index contributed by atoms with van der Waals surface area (Å²) in [6, 6.07) is 0. The summed E-state index contributed by atoms with van der Waals surface area (Å²) in [4.78, 5) is 5.29. The van der Waals surface area contributed by atoms with Gasteiger partial charge in [0.2, 0.25) is 10.0 Å². The average molecular weight is 248 g/mol. The van der Waals surface area contributed by atoms with Crippen molar-refractivity contribution in [1.82, 2.24) is 4.98 Å². The molecule has 0 radical (unpaired) electrons. The molecular formula is C9H16N2O2S2. The largest absolute Gasteiger partial charge is 0.258 e. The van der Waals surface area contributed by atoms with Crippen LogP contribution < -0.4 is 4.72 Å². The molecule has 0 saturated carbocycles. The predicted molar refractivity (Wildman–Crippen MR) is 63.9 cm³/mol. The molecule has 1 aromatic rings. The minimum absolute atomic E-state index is 0.438. The molecular weight excluding hydrogens is 232 g/mol. The van der Waals surface area contributed by atoms with E-state index >= 15 is 0 Å². The van der Waals surface area contributed by atoms with E-state index < -0.39 is 15.3 Å². The number of hydrogen-bond donors (Lipinski definition) is 1. The van der Waals surface area contributed by atoms with Crippen LogP contribution in [0.25, 0.3) is 0 Å². The molecule has 0 unspecified atom stereocenters. The topological polar surface area (TPSA) is 59.1 Å². The number of nitrogens with zero attached hydrogens (tertiary/aromatic N) is 1. The van der Waals surface area contributed by atoms with Crippen LogP contribution in [-0.2, 0) is 16.4 Å². The number of nitrogens with one attached hydrogen (secondary N) is 1. The number of aromatic nitrogens is 1. The van der Waals surface area contributed by atoms with E-state index in [2.05, 4.69) is 9.71 Å². The van der Waals surface area contributed by atoms with E-state index in [4.69, 9.17) is 0 Å². The molecule has 0 spiro atoms. The van der Waals surface area contributed by atoms with Gasteiger partial charge in [-0.05, 0) is 27.2 Å². The van der Waals surface area contributed by atoms with Crippen LogP contribution in [0.4, 0.5) is 5.13 Å². The van der Waals surface area contributed by atoms with Crippen molar-refractivity contribution in [3.8, 4) is 0 Å². The second kappa shape index (κ2) is 4.49. The Morgan fingerprint density at radius 2 is 2.07 bits per heavy atom. The Morgan fingerprint density at radius 1 is 1.47 bits per heavy atom. The molecule has 1 rings (SSSR count). The highest BCUT2D eigenvalue weighted by molar-refractivity contribution is 7.93. The van der Waals surface area contributed by atoms with Gasteiger partial charge in [0.25, 0.3) is 0 Å². The SMILES string of the molecule is CCc1nc(NS(=O)(=O)C(C)C)sc1C. The number of rotatable bonds is 4. The van der Waals surface area contributed by atoms with Crippen LogP contribution in [0.2, 0.25) is 0 Å². The Kier molecular flexibility index (Phi) is 3.72. The lowest BCUT2D eigenvalue weighted by molar-refractivity contribution is 0.592. The van der Waals surface area contributed by atoms with Crippen LogP contribution in [0.5, 0.6) is 0 Å². The maximum atomic E-state index is 11.6. The number of sulfonamides is 1. The van der Waals surface area contributed by atoms with Crippen LogP contribution in [0, 0.1) is 6.92 Å². The van der Waals surface area contributed by atoms with Gasteiger partial charge in [-0.2, -0.15) is 0 Å². The maximum absolute atomic E-state index is 11.6. The predicted octanol–water partition coefficient (Wildman–Crippen LogP) is 2.16. The van der Waals surface area contributed by atoms with Gasteiger partial charge >= 0.3 is 0 Å². The zero-order valence-electron chi connectivity index (χ0n) is 9.36. The highest BCUT2D eigenvalue weighted by Gasteiger charge is 2.18. The first-order valence-electron chi connectivity index (χ1n) is 4.84. The van der Waals surface area contributed by atoms with Crippen molar-refractivity contribution >= 4 is 26.5 Å². The molecule has 0 aromatic carbocycles. The lowest BCUT2D eigenvalue weighted by atomic mass is 10.3. The second-order valence-electron chi connectivity index (χ2n) is 3.57. The summed E-state index contributed by atoms with van der Waals surface area (Å²) in [6.07, 6.45) is 0.825. The van der Waals surface area contributed by atoms with Gasteiger partial charge in [-0.15, -0.1) is 11.3 Å². The third kappa shape index (κ3) is 2.92. The van der Waals surface area contributed by atoms with Gasteiger partial charge < -0.3 is 0 Å². The first-order valence-corrected chi connectivity index (χ1v) is 7.21. The van der Waals surface area contributed by atoms with Crippen molar-refractivity contribution < 1.29 is 8.42 Å². The van der Waals surface area contributed by atoms with Crippen molar-refractivity contribution in [2.45, 2.75) is 39.4 Å². The number of aryl methyl sites for hydroxylation is 2. The highest BCUT2D eigenvalue weighted by atomic mass is 32.2. The molecule has 0 bridgehead atoms. The van der Waals surface area contributed by atoms with E-state index in [0.29, 0.717) is 5.13 Å². The number of anilines is 1. The Morgan fingerprint density at radius 3 is 2.47 bits per heavy atom. The zero-order chi connectivity index (χ0) is 11.6. The Labute approximate surface area is 94.8 Å². The van der Waals surface area contributed by atoms with Gasteiger partial charge in [0.05, 0.1) is 10.9 Å². The summed E-state index contributed by atoms with van der Waals surface area (Å²) >= 11 is 1.38. The summed E-state index contributed by atoms with van der Waals surface area (Å²) in [6.45, 7) is 7.24. The molecule has 1 heterocycles. The van der Waals surface area contributed by atoms with Crippen LogP contribution in [0.1, 0.15) is 31.3 Å². The van der Waals surface area contributed by atoms with Gasteiger partial charge in [0, 0.05) is 4.88 Å². The third-order valence-electron chi connectivity index (χ3n) is 2.08. The molecule has 1 aromatic heterocycles. The minimum Gasteiger partial charge on any atom is -0.258 e. The molecule has 0 amide bonds. The summed E-state index contributed by atoms with van der Waals surface area (Å²) in [5, 5.41) is 0.0323. The molecule has 0 aliphatic carbocycles. The smallest absolute Gasteiger partial charge is 0.236 e. The van der Waals surface area contributed by atoms with Gasteiger partial charge in [-0.25, -0.2) is 13.4 Å². The Hall–Kier alpha value is -0.620. The standard InChI is InChI=1S/C9H16N2O2S2/c1-5-8-7(4)14-9(10-8)11-15(12,13)6(2)3/h6H,5H2,1-4H3,(H,10,11). The van der Waals surface area contributed by atoms with Gasteiger partial charge in [0.1, 0.15) is 0 Å². The first-order chi connectivity index (χ1) is 6.86. The Bertz CT molecular complexity index is 435. The fraction of sp³-hybridized carbons (Fsp3) is 0.667. The number of hydrogen-bond acceptors (Lipinski definition) is 4. The van der Waals surface area contributed by atoms with E-state index in [-0.39, 0.29) is 0 Å². The Balaban J connectivity index is 2.91. The fourth-order valence-corrected chi connectivity index (χ4v) is 2.83. The molecule has 86 valence electrons. The van der Waals surface area contributed by atoms with Crippen LogP contribution in [0.15, 0.2) is 0 Å². The molecule has 6 heteroatoms. The van der Waals surface area contributed by atoms with E-state index in [1.54, 1.807) is 13.8 Å². The van der Waals surface area contributed by atoms with E-state index in [0.717, 1.165) is 17.0 Å². The number of thiazole rings is 1. The third-order valence-corrected chi connectivity index (χ3v) is 4.85. The molecule has 15 heavy (non-hydrogen) atoms. The highest BCUT2D eigenvalue weighted by Crippen LogP contribution is 2.23. The molecule has 0 aliphatic heterocycles. The van der Waals surface area contributed by atoms with Crippen molar-refractivity contribution in [2.75, 3.05) is 4.72 Å². The molecule has 4 nitrogen and oxygen atoms in total. The molecule has 0 fully saturated rings. The normalized spacial score (nSPS) is 12.1.